The molecule has 4 N–H and O–H groups in total. The largest absolute Gasteiger partial charge is 0.393 e. The van der Waals surface area contributed by atoms with Crippen molar-refractivity contribution in [3.63, 3.8) is 0 Å². The molecule has 0 radical (unpaired) electrons. The summed E-state index contributed by atoms with van der Waals surface area (Å²) in [5.74, 6) is 0. The van der Waals surface area contributed by atoms with Crippen LogP contribution in [0, 0.1) is 0 Å². The third kappa shape index (κ3) is 2.31. The predicted octanol–water partition coefficient (Wildman–Crippen LogP) is -0.405. The number of rotatable bonds is 3. The summed E-state index contributed by atoms with van der Waals surface area (Å²) in [4.78, 5) is 0.365. The molecular weight excluding hydrogens is 226 g/mol. The maximum atomic E-state index is 10.9. The smallest absolute Gasteiger partial charge is 0.247 e. The summed E-state index contributed by atoms with van der Waals surface area (Å²) in [6, 6.07) is 2.74. The van der Waals surface area contributed by atoms with Gasteiger partial charge in [-0.1, -0.05) is 0 Å². The van der Waals surface area contributed by atoms with E-state index >= 15 is 0 Å². The van der Waals surface area contributed by atoms with Gasteiger partial charge in [0.1, 0.15) is 9.81 Å². The Labute approximate surface area is 85.9 Å². The fourth-order valence-electron chi connectivity index (χ4n) is 0.840. The molecule has 0 aliphatic rings. The summed E-state index contributed by atoms with van der Waals surface area (Å²) < 4.78 is 21.8. The minimum Gasteiger partial charge on any atom is -0.393 e. The summed E-state index contributed by atoms with van der Waals surface area (Å²) in [5, 5.41) is 23.3. The van der Waals surface area contributed by atoms with Gasteiger partial charge in [-0.15, -0.1) is 11.3 Å². The van der Waals surface area contributed by atoms with Crippen LogP contribution in [0.25, 0.3) is 0 Å². The minimum absolute atomic E-state index is 0.0266. The van der Waals surface area contributed by atoms with Crippen molar-refractivity contribution in [2.24, 2.45) is 5.14 Å². The quantitative estimate of drug-likeness (QED) is 0.665. The number of aliphatic hydroxyl groups excluding tert-OH is 1. The third-order valence-corrected chi connectivity index (χ3v) is 4.48. The maximum Gasteiger partial charge on any atom is 0.247 e. The Morgan fingerprint density at radius 3 is 2.50 bits per heavy atom. The van der Waals surface area contributed by atoms with Gasteiger partial charge in [0.05, 0.1) is 6.61 Å². The first kappa shape index (κ1) is 11.6. The Bertz CT molecular complexity index is 421. The van der Waals surface area contributed by atoms with E-state index in [4.69, 9.17) is 10.2 Å². The molecule has 1 aromatic rings. The van der Waals surface area contributed by atoms with E-state index in [0.29, 0.717) is 4.88 Å². The van der Waals surface area contributed by atoms with Crippen molar-refractivity contribution in [1.29, 1.82) is 0 Å². The number of hydrogen-bond donors (Lipinski definition) is 3. The average molecular weight is 237 g/mol. The van der Waals surface area contributed by atoms with Crippen molar-refractivity contribution in [1.82, 2.24) is 0 Å². The molecular formula is C7H11NO4S2. The monoisotopic (exact) mass is 237 g/mol. The van der Waals surface area contributed by atoms with Gasteiger partial charge < -0.3 is 10.2 Å². The second-order valence-electron chi connectivity index (χ2n) is 3.10. The lowest BCUT2D eigenvalue weighted by Crippen LogP contribution is -2.24. The van der Waals surface area contributed by atoms with E-state index < -0.39 is 22.2 Å². The normalized spacial score (nSPS) is 16.6. The zero-order valence-electron chi connectivity index (χ0n) is 7.47. The first-order valence-corrected chi connectivity index (χ1v) is 6.10. The number of primary sulfonamides is 1. The van der Waals surface area contributed by atoms with Crippen LogP contribution in [0.2, 0.25) is 0 Å². The van der Waals surface area contributed by atoms with Gasteiger partial charge in [0.15, 0.2) is 0 Å². The van der Waals surface area contributed by atoms with Crippen LogP contribution in [0.1, 0.15) is 11.8 Å². The number of nitrogens with two attached hydrogens (primary N) is 1. The molecule has 0 aliphatic heterocycles. The standard InChI is InChI=1S/C7H11NO4S2/c1-7(10,4-9)5-2-3-6(13-5)14(8,11)12/h2-3,9-10H,4H2,1H3,(H2,8,11,12). The van der Waals surface area contributed by atoms with Crippen molar-refractivity contribution in [2.75, 3.05) is 6.61 Å². The number of sulfonamides is 1. The van der Waals surface area contributed by atoms with Crippen LogP contribution in [0.15, 0.2) is 16.3 Å². The van der Waals surface area contributed by atoms with Crippen molar-refractivity contribution in [2.45, 2.75) is 16.7 Å². The fourth-order valence-corrected chi connectivity index (χ4v) is 2.61. The Morgan fingerprint density at radius 1 is 1.57 bits per heavy atom. The first-order chi connectivity index (χ1) is 6.27. The second-order valence-corrected chi connectivity index (χ2v) is 5.97. The number of thiophene rings is 1. The Morgan fingerprint density at radius 2 is 2.14 bits per heavy atom. The van der Waals surface area contributed by atoms with Crippen LogP contribution in [0.5, 0.6) is 0 Å². The molecule has 0 saturated heterocycles. The highest BCUT2D eigenvalue weighted by molar-refractivity contribution is 7.91. The molecule has 0 aromatic carbocycles. The van der Waals surface area contributed by atoms with Crippen LogP contribution < -0.4 is 5.14 Å². The molecule has 1 aromatic heterocycles. The summed E-state index contributed by atoms with van der Waals surface area (Å²) in [6.07, 6.45) is 0. The molecule has 14 heavy (non-hydrogen) atoms. The molecule has 1 unspecified atom stereocenters. The van der Waals surface area contributed by atoms with Crippen molar-refractivity contribution >= 4 is 21.4 Å². The van der Waals surface area contributed by atoms with Gasteiger partial charge in [0, 0.05) is 4.88 Å². The van der Waals surface area contributed by atoms with Crippen LogP contribution in [0.3, 0.4) is 0 Å². The molecule has 80 valence electrons. The van der Waals surface area contributed by atoms with E-state index in [1.54, 1.807) is 0 Å². The summed E-state index contributed by atoms with van der Waals surface area (Å²) in [5.41, 5.74) is -1.42. The highest BCUT2D eigenvalue weighted by Gasteiger charge is 2.25. The molecule has 0 amide bonds. The molecule has 1 rings (SSSR count). The minimum atomic E-state index is -3.72. The topological polar surface area (TPSA) is 101 Å². The Hall–Kier alpha value is -0.470. The van der Waals surface area contributed by atoms with E-state index in [1.165, 1.54) is 19.1 Å². The molecule has 0 saturated carbocycles. The van der Waals surface area contributed by atoms with Gasteiger partial charge in [-0.3, -0.25) is 0 Å². The SMILES string of the molecule is CC(O)(CO)c1ccc(S(N)(=O)=O)s1. The number of aliphatic hydroxyl groups is 2. The van der Waals surface area contributed by atoms with Gasteiger partial charge in [-0.2, -0.15) is 0 Å². The van der Waals surface area contributed by atoms with Gasteiger partial charge in [0.25, 0.3) is 0 Å². The maximum absolute atomic E-state index is 10.9. The molecule has 1 atom stereocenters. The second kappa shape index (κ2) is 3.59. The summed E-state index contributed by atoms with van der Waals surface area (Å²) in [7, 11) is -3.72. The van der Waals surface area contributed by atoms with E-state index in [-0.39, 0.29) is 4.21 Å². The fraction of sp³-hybridized carbons (Fsp3) is 0.429. The zero-order chi connectivity index (χ0) is 11.0. The van der Waals surface area contributed by atoms with Gasteiger partial charge in [-0.05, 0) is 19.1 Å². The first-order valence-electron chi connectivity index (χ1n) is 3.74. The van der Waals surface area contributed by atoms with Crippen molar-refractivity contribution < 1.29 is 18.6 Å². The number of hydrogen-bond acceptors (Lipinski definition) is 5. The molecule has 0 fully saturated rings. The molecule has 0 spiro atoms. The molecule has 0 aliphatic carbocycles. The van der Waals surface area contributed by atoms with Gasteiger partial charge >= 0.3 is 0 Å². The van der Waals surface area contributed by atoms with Gasteiger partial charge in [0.2, 0.25) is 10.0 Å². The molecule has 7 heteroatoms. The zero-order valence-corrected chi connectivity index (χ0v) is 9.10. The van der Waals surface area contributed by atoms with Crippen LogP contribution in [-0.4, -0.2) is 25.2 Å². The lowest BCUT2D eigenvalue weighted by molar-refractivity contribution is 0.000792. The van der Waals surface area contributed by atoms with Crippen molar-refractivity contribution in [3.8, 4) is 0 Å². The van der Waals surface area contributed by atoms with Crippen molar-refractivity contribution in [3.05, 3.63) is 17.0 Å². The molecule has 1 heterocycles. The van der Waals surface area contributed by atoms with E-state index in [0.717, 1.165) is 11.3 Å². The lowest BCUT2D eigenvalue weighted by Gasteiger charge is -2.17. The predicted molar refractivity (Wildman–Crippen MR) is 52.3 cm³/mol. The highest BCUT2D eigenvalue weighted by Crippen LogP contribution is 2.29. The highest BCUT2D eigenvalue weighted by atomic mass is 32.2. The Kier molecular flexibility index (Phi) is 2.98. The van der Waals surface area contributed by atoms with Crippen LogP contribution in [0.4, 0.5) is 0 Å². The van der Waals surface area contributed by atoms with E-state index in [2.05, 4.69) is 0 Å². The van der Waals surface area contributed by atoms with E-state index in [9.17, 15) is 13.5 Å². The summed E-state index contributed by atoms with van der Waals surface area (Å²) >= 11 is 0.848. The van der Waals surface area contributed by atoms with Gasteiger partial charge in [-0.25, -0.2) is 13.6 Å². The molecule has 5 nitrogen and oxygen atoms in total. The lowest BCUT2D eigenvalue weighted by atomic mass is 10.1. The van der Waals surface area contributed by atoms with E-state index in [1.807, 2.05) is 0 Å². The Balaban J connectivity index is 3.13. The molecule has 0 bridgehead atoms. The third-order valence-electron chi connectivity index (χ3n) is 1.70. The summed E-state index contributed by atoms with van der Waals surface area (Å²) in [6.45, 7) is 0.920. The van der Waals surface area contributed by atoms with Crippen LogP contribution in [-0.2, 0) is 15.6 Å². The average Bonchev–Trinajstić information content (AvgIpc) is 2.51. The van der Waals surface area contributed by atoms with Crippen LogP contribution >= 0.6 is 11.3 Å².